The second-order valence-electron chi connectivity index (χ2n) is 6.56. The van der Waals surface area contributed by atoms with E-state index in [2.05, 4.69) is 5.32 Å². The smallest absolute Gasteiger partial charge is 0.259 e. The molecule has 1 aliphatic rings. The number of anilines is 1. The number of para-hydroxylation sites is 1. The minimum atomic E-state index is -0.297. The zero-order valence-electron chi connectivity index (χ0n) is 15.2. The lowest BCUT2D eigenvalue weighted by Gasteiger charge is -2.28. The van der Waals surface area contributed by atoms with Crippen molar-refractivity contribution in [1.29, 1.82) is 0 Å². The number of aryl methyl sites for hydroxylation is 1. The molecule has 0 bridgehead atoms. The fraction of sp³-hybridized carbons (Fsp3) is 0.400. The van der Waals surface area contributed by atoms with Gasteiger partial charge in [0, 0.05) is 20.2 Å². The Balaban J connectivity index is 1.72. The Morgan fingerprint density at radius 2 is 2.00 bits per heavy atom. The van der Waals surface area contributed by atoms with Crippen LogP contribution in [0.25, 0.3) is 0 Å². The highest BCUT2D eigenvalue weighted by Crippen LogP contribution is 2.20. The second kappa shape index (κ2) is 8.19. The van der Waals surface area contributed by atoms with Crippen LogP contribution in [0.2, 0.25) is 0 Å². The molecule has 1 atom stereocenters. The summed E-state index contributed by atoms with van der Waals surface area (Å²) in [4.78, 5) is 27.0. The molecule has 1 saturated heterocycles. The average Bonchev–Trinajstić information content (AvgIpc) is 3.08. The molecule has 6 heteroatoms. The first kappa shape index (κ1) is 18.2. The summed E-state index contributed by atoms with van der Waals surface area (Å²) < 4.78 is 10.9. The quantitative estimate of drug-likeness (QED) is 0.890. The van der Waals surface area contributed by atoms with E-state index < -0.39 is 0 Å². The highest BCUT2D eigenvalue weighted by atomic mass is 16.5. The molecule has 6 nitrogen and oxygen atoms in total. The molecule has 1 aliphatic heterocycles. The molecule has 26 heavy (non-hydrogen) atoms. The lowest BCUT2D eigenvalue weighted by atomic mass is 10.1. The standard InChI is InChI=1S/C20H24N2O4/c1-14-16(10-12-25-14)19(23)21-18-9-4-3-8-17(18)20(24)22(2)13-15-7-5-6-11-26-15/h3-4,8-10,12,15H,5-7,11,13H2,1-2H3,(H,21,23)/t15-/m1/s1. The topological polar surface area (TPSA) is 71.8 Å². The molecular formula is C20H24N2O4. The van der Waals surface area contributed by atoms with Gasteiger partial charge in [-0.3, -0.25) is 9.59 Å². The van der Waals surface area contributed by atoms with Crippen molar-refractivity contribution >= 4 is 17.5 Å². The summed E-state index contributed by atoms with van der Waals surface area (Å²) in [6.45, 7) is 3.02. The second-order valence-corrected chi connectivity index (χ2v) is 6.56. The largest absolute Gasteiger partial charge is 0.469 e. The van der Waals surface area contributed by atoms with Crippen molar-refractivity contribution < 1.29 is 18.7 Å². The van der Waals surface area contributed by atoms with Crippen molar-refractivity contribution in [2.45, 2.75) is 32.3 Å². The number of likely N-dealkylation sites (N-methyl/N-ethyl adjacent to an activating group) is 1. The summed E-state index contributed by atoms with van der Waals surface area (Å²) in [7, 11) is 1.76. The van der Waals surface area contributed by atoms with E-state index in [0.717, 1.165) is 25.9 Å². The molecule has 0 radical (unpaired) electrons. The normalized spacial score (nSPS) is 16.9. The monoisotopic (exact) mass is 356 g/mol. The first-order valence-electron chi connectivity index (χ1n) is 8.88. The molecule has 0 unspecified atom stereocenters. The number of ether oxygens (including phenoxy) is 1. The van der Waals surface area contributed by atoms with Crippen molar-refractivity contribution in [2.24, 2.45) is 0 Å². The molecule has 2 aromatic rings. The molecule has 3 rings (SSSR count). The third kappa shape index (κ3) is 4.14. The molecule has 1 fully saturated rings. The first-order chi connectivity index (χ1) is 12.6. The van der Waals surface area contributed by atoms with Gasteiger partial charge < -0.3 is 19.4 Å². The zero-order valence-corrected chi connectivity index (χ0v) is 15.2. The molecule has 1 aromatic heterocycles. The summed E-state index contributed by atoms with van der Waals surface area (Å²) in [5, 5.41) is 2.82. The highest BCUT2D eigenvalue weighted by molar-refractivity contribution is 6.09. The molecule has 0 saturated carbocycles. The minimum absolute atomic E-state index is 0.0769. The summed E-state index contributed by atoms with van der Waals surface area (Å²) in [6, 6.07) is 8.64. The molecule has 1 N–H and O–H groups in total. The molecule has 0 spiro atoms. The van der Waals surface area contributed by atoms with Gasteiger partial charge in [-0.2, -0.15) is 0 Å². The molecular weight excluding hydrogens is 332 g/mol. The number of nitrogens with zero attached hydrogens (tertiary/aromatic N) is 1. The third-order valence-corrected chi connectivity index (χ3v) is 4.61. The number of rotatable bonds is 5. The minimum Gasteiger partial charge on any atom is -0.469 e. The van der Waals surface area contributed by atoms with E-state index in [1.54, 1.807) is 49.2 Å². The van der Waals surface area contributed by atoms with E-state index in [1.165, 1.54) is 6.26 Å². The van der Waals surface area contributed by atoms with Crippen molar-refractivity contribution in [3.8, 4) is 0 Å². The average molecular weight is 356 g/mol. The number of carbonyl (C=O) groups is 2. The van der Waals surface area contributed by atoms with Crippen LogP contribution < -0.4 is 5.32 Å². The molecule has 2 heterocycles. The lowest BCUT2D eigenvalue weighted by molar-refractivity contribution is -0.000171. The predicted molar refractivity (Wildman–Crippen MR) is 98.4 cm³/mol. The Labute approximate surface area is 153 Å². The van der Waals surface area contributed by atoms with E-state index in [9.17, 15) is 9.59 Å². The SMILES string of the molecule is Cc1occc1C(=O)Nc1ccccc1C(=O)N(C)C[C@H]1CCCCO1. The van der Waals surface area contributed by atoms with Crippen LogP contribution in [-0.4, -0.2) is 43.0 Å². The number of benzene rings is 1. The van der Waals surface area contributed by atoms with Gasteiger partial charge in [0.1, 0.15) is 5.76 Å². The maximum Gasteiger partial charge on any atom is 0.259 e. The lowest BCUT2D eigenvalue weighted by Crippen LogP contribution is -2.37. The molecule has 0 aliphatic carbocycles. The number of furan rings is 1. The van der Waals surface area contributed by atoms with Gasteiger partial charge in [-0.1, -0.05) is 12.1 Å². The highest BCUT2D eigenvalue weighted by Gasteiger charge is 2.22. The van der Waals surface area contributed by atoms with Crippen LogP contribution in [0.4, 0.5) is 5.69 Å². The molecule has 138 valence electrons. The van der Waals surface area contributed by atoms with Crippen LogP contribution in [0.15, 0.2) is 41.0 Å². The van der Waals surface area contributed by atoms with Gasteiger partial charge in [0.2, 0.25) is 0 Å². The van der Waals surface area contributed by atoms with Gasteiger partial charge in [-0.25, -0.2) is 0 Å². The zero-order chi connectivity index (χ0) is 18.5. The van der Waals surface area contributed by atoms with Crippen LogP contribution in [0, 0.1) is 6.92 Å². The number of carbonyl (C=O) groups excluding carboxylic acids is 2. The van der Waals surface area contributed by atoms with Crippen molar-refractivity contribution in [2.75, 3.05) is 25.5 Å². The third-order valence-electron chi connectivity index (χ3n) is 4.61. The van der Waals surface area contributed by atoms with E-state index in [1.807, 2.05) is 0 Å². The van der Waals surface area contributed by atoms with Gasteiger partial charge in [0.25, 0.3) is 11.8 Å². The van der Waals surface area contributed by atoms with Crippen molar-refractivity contribution in [3.05, 3.63) is 53.5 Å². The van der Waals surface area contributed by atoms with E-state index in [-0.39, 0.29) is 17.9 Å². The summed E-state index contributed by atoms with van der Waals surface area (Å²) in [6.07, 6.45) is 4.72. The van der Waals surface area contributed by atoms with Gasteiger partial charge in [0.05, 0.1) is 29.2 Å². The van der Waals surface area contributed by atoms with Gasteiger partial charge in [-0.05, 0) is 44.4 Å². The maximum atomic E-state index is 12.9. The number of amides is 2. The maximum absolute atomic E-state index is 12.9. The fourth-order valence-electron chi connectivity index (χ4n) is 3.13. The van der Waals surface area contributed by atoms with Gasteiger partial charge in [-0.15, -0.1) is 0 Å². The first-order valence-corrected chi connectivity index (χ1v) is 8.88. The van der Waals surface area contributed by atoms with Crippen molar-refractivity contribution in [1.82, 2.24) is 4.90 Å². The van der Waals surface area contributed by atoms with E-state index in [4.69, 9.17) is 9.15 Å². The van der Waals surface area contributed by atoms with Crippen LogP contribution in [-0.2, 0) is 4.74 Å². The molecule has 2 amide bonds. The van der Waals surface area contributed by atoms with E-state index >= 15 is 0 Å². The van der Waals surface area contributed by atoms with Crippen LogP contribution in [0.3, 0.4) is 0 Å². The van der Waals surface area contributed by atoms with Crippen LogP contribution >= 0.6 is 0 Å². The Kier molecular flexibility index (Phi) is 5.73. The Morgan fingerprint density at radius 3 is 2.69 bits per heavy atom. The number of nitrogens with one attached hydrogen (secondary N) is 1. The summed E-state index contributed by atoms with van der Waals surface area (Å²) >= 11 is 0. The molecule has 1 aromatic carbocycles. The number of hydrogen-bond acceptors (Lipinski definition) is 4. The Morgan fingerprint density at radius 1 is 1.19 bits per heavy atom. The van der Waals surface area contributed by atoms with Crippen LogP contribution in [0.1, 0.15) is 45.7 Å². The predicted octanol–water partition coefficient (Wildman–Crippen LogP) is 3.48. The summed E-state index contributed by atoms with van der Waals surface area (Å²) in [5.74, 6) is 0.103. The van der Waals surface area contributed by atoms with E-state index in [0.29, 0.717) is 29.1 Å². The fourth-order valence-corrected chi connectivity index (χ4v) is 3.13. The van der Waals surface area contributed by atoms with Crippen molar-refractivity contribution in [3.63, 3.8) is 0 Å². The van der Waals surface area contributed by atoms with Gasteiger partial charge in [0.15, 0.2) is 0 Å². The summed E-state index contributed by atoms with van der Waals surface area (Å²) in [5.41, 5.74) is 1.40. The number of hydrogen-bond donors (Lipinski definition) is 1. The van der Waals surface area contributed by atoms with Gasteiger partial charge >= 0.3 is 0 Å². The van der Waals surface area contributed by atoms with Crippen LogP contribution in [0.5, 0.6) is 0 Å². The Bertz CT molecular complexity index is 778. The Hall–Kier alpha value is -2.60.